The van der Waals surface area contributed by atoms with Gasteiger partial charge in [-0.1, -0.05) is 23.5 Å². The second-order valence-electron chi connectivity index (χ2n) is 6.01. The van der Waals surface area contributed by atoms with Gasteiger partial charge in [0.05, 0.1) is 19.9 Å². The number of rotatable bonds is 5. The number of hydrogen-bond acceptors (Lipinski definition) is 8. The van der Waals surface area contributed by atoms with Crippen LogP contribution >= 0.6 is 23.6 Å². The molecule has 2 aromatic rings. The van der Waals surface area contributed by atoms with Gasteiger partial charge in [-0.2, -0.15) is 0 Å². The summed E-state index contributed by atoms with van der Waals surface area (Å²) in [6, 6.07) is 7.51. The van der Waals surface area contributed by atoms with Crippen molar-refractivity contribution >= 4 is 40.3 Å². The van der Waals surface area contributed by atoms with Crippen LogP contribution in [0.4, 0.5) is 10.8 Å². The summed E-state index contributed by atoms with van der Waals surface area (Å²) in [7, 11) is 1.35. The number of carbonyl (C=O) groups is 1. The van der Waals surface area contributed by atoms with Crippen molar-refractivity contribution in [2.24, 2.45) is 0 Å². The fourth-order valence-corrected chi connectivity index (χ4v) is 3.89. The lowest BCUT2D eigenvalue weighted by Gasteiger charge is -2.21. The number of benzene rings is 1. The van der Waals surface area contributed by atoms with E-state index in [2.05, 4.69) is 10.4 Å². The third-order valence-corrected chi connectivity index (χ3v) is 5.27. The maximum Gasteiger partial charge on any atom is 0.323 e. The summed E-state index contributed by atoms with van der Waals surface area (Å²) in [5.74, 6) is -0.351. The van der Waals surface area contributed by atoms with Crippen molar-refractivity contribution in [3.05, 3.63) is 33.8 Å². The minimum atomic E-state index is -0.554. The molecule has 1 aliphatic rings. The molecule has 3 rings (SSSR count). The Morgan fingerprint density at radius 3 is 3.08 bits per heavy atom. The van der Waals surface area contributed by atoms with Crippen molar-refractivity contribution in [2.75, 3.05) is 19.0 Å². The standard InChI is InChI=1S/C16H20N4O3S2/c1-10-4-3-5-11(6-10)17-15-18-20(16(24)25-15)9-19-8-12(21)7-13(19)14(22)23-2/h3-6,12-13,21H,7-9H2,1-2H3,(H,17,18)/t12-,13+/m1/s1. The highest BCUT2D eigenvalue weighted by Crippen LogP contribution is 2.24. The van der Waals surface area contributed by atoms with Gasteiger partial charge in [0.1, 0.15) is 6.04 Å². The van der Waals surface area contributed by atoms with E-state index in [1.807, 2.05) is 36.1 Å². The Bertz CT molecular complexity index is 820. The minimum absolute atomic E-state index is 0.335. The number of ether oxygens (including phenoxy) is 1. The summed E-state index contributed by atoms with van der Waals surface area (Å²) in [5, 5.41) is 18.3. The van der Waals surface area contributed by atoms with E-state index in [0.29, 0.717) is 28.7 Å². The van der Waals surface area contributed by atoms with Gasteiger partial charge < -0.3 is 15.2 Å². The first kappa shape index (κ1) is 18.0. The monoisotopic (exact) mass is 380 g/mol. The van der Waals surface area contributed by atoms with E-state index in [1.165, 1.54) is 18.4 Å². The highest BCUT2D eigenvalue weighted by Gasteiger charge is 2.37. The lowest BCUT2D eigenvalue weighted by atomic mass is 10.2. The van der Waals surface area contributed by atoms with Crippen molar-refractivity contribution in [3.63, 3.8) is 0 Å². The molecule has 1 aromatic carbocycles. The first-order valence-corrected chi connectivity index (χ1v) is 9.10. The van der Waals surface area contributed by atoms with Crippen molar-refractivity contribution < 1.29 is 14.6 Å². The van der Waals surface area contributed by atoms with Crippen LogP contribution in [0.1, 0.15) is 12.0 Å². The summed E-state index contributed by atoms with van der Waals surface area (Å²) in [4.78, 5) is 13.7. The van der Waals surface area contributed by atoms with E-state index in [0.717, 1.165) is 11.3 Å². The molecule has 25 heavy (non-hydrogen) atoms. The number of carbonyl (C=O) groups excluding carboxylic acids is 1. The average Bonchev–Trinajstić information content (AvgIpc) is 3.09. The highest BCUT2D eigenvalue weighted by molar-refractivity contribution is 7.73. The zero-order chi connectivity index (χ0) is 18.0. The molecule has 9 heteroatoms. The Labute approximate surface area is 154 Å². The Hall–Kier alpha value is -1.81. The summed E-state index contributed by atoms with van der Waals surface area (Å²) < 4.78 is 7.08. The number of aliphatic hydroxyl groups excluding tert-OH is 1. The molecule has 0 spiro atoms. The van der Waals surface area contributed by atoms with Gasteiger partial charge in [0.25, 0.3) is 0 Å². The van der Waals surface area contributed by atoms with Crippen LogP contribution < -0.4 is 5.32 Å². The maximum atomic E-state index is 11.9. The van der Waals surface area contributed by atoms with Gasteiger partial charge in [-0.15, -0.1) is 5.10 Å². The molecule has 1 aromatic heterocycles. The van der Waals surface area contributed by atoms with E-state index in [-0.39, 0.29) is 5.97 Å². The van der Waals surface area contributed by atoms with Crippen molar-refractivity contribution in [1.29, 1.82) is 0 Å². The molecular formula is C16H20N4O3S2. The van der Waals surface area contributed by atoms with Crippen molar-refractivity contribution in [2.45, 2.75) is 32.2 Å². The Balaban J connectivity index is 1.74. The molecule has 0 aliphatic carbocycles. The maximum absolute atomic E-state index is 11.9. The number of aryl methyl sites for hydroxylation is 1. The SMILES string of the molecule is COC(=O)[C@@H]1C[C@@H](O)CN1Cn1nc(Nc2cccc(C)c2)sc1=S. The van der Waals surface area contributed by atoms with Gasteiger partial charge in [0.2, 0.25) is 5.13 Å². The third-order valence-electron chi connectivity index (χ3n) is 4.05. The summed E-state index contributed by atoms with van der Waals surface area (Å²) >= 11 is 6.75. The summed E-state index contributed by atoms with van der Waals surface area (Å²) in [5.41, 5.74) is 2.10. The molecule has 7 nitrogen and oxygen atoms in total. The Kier molecular flexibility index (Phi) is 5.48. The number of β-amino-alcohol motifs (C(OH)–C–C–N with tert-alkyl or cyclic N) is 1. The molecule has 2 N–H and O–H groups in total. The van der Waals surface area contributed by atoms with E-state index < -0.39 is 12.1 Å². The van der Waals surface area contributed by atoms with Gasteiger partial charge in [-0.3, -0.25) is 9.69 Å². The van der Waals surface area contributed by atoms with Gasteiger partial charge in [0.15, 0.2) is 3.95 Å². The second kappa shape index (κ2) is 7.61. The number of likely N-dealkylation sites (tertiary alicyclic amines) is 1. The zero-order valence-corrected chi connectivity index (χ0v) is 15.6. The highest BCUT2D eigenvalue weighted by atomic mass is 32.1. The average molecular weight is 380 g/mol. The van der Waals surface area contributed by atoms with E-state index in [4.69, 9.17) is 17.0 Å². The molecule has 1 aliphatic heterocycles. The molecule has 0 saturated carbocycles. The van der Waals surface area contributed by atoms with E-state index >= 15 is 0 Å². The van der Waals surface area contributed by atoms with Gasteiger partial charge >= 0.3 is 5.97 Å². The molecule has 134 valence electrons. The normalized spacial score (nSPS) is 20.6. The van der Waals surface area contributed by atoms with Crippen LogP contribution in [-0.2, 0) is 16.2 Å². The van der Waals surface area contributed by atoms with Crippen LogP contribution in [0.5, 0.6) is 0 Å². The number of anilines is 2. The van der Waals surface area contributed by atoms with Gasteiger partial charge in [0, 0.05) is 18.7 Å². The molecular weight excluding hydrogens is 360 g/mol. The van der Waals surface area contributed by atoms with E-state index in [1.54, 1.807) is 4.68 Å². The number of nitrogens with zero attached hydrogens (tertiary/aromatic N) is 3. The minimum Gasteiger partial charge on any atom is -0.468 e. The number of aromatic nitrogens is 2. The molecule has 1 fully saturated rings. The quantitative estimate of drug-likeness (QED) is 0.608. The first-order chi connectivity index (χ1) is 12.0. The van der Waals surface area contributed by atoms with E-state index in [9.17, 15) is 9.90 Å². The van der Waals surface area contributed by atoms with Crippen LogP contribution in [0.3, 0.4) is 0 Å². The number of methoxy groups -OCH3 is 1. The lowest BCUT2D eigenvalue weighted by molar-refractivity contribution is -0.146. The number of hydrogen-bond donors (Lipinski definition) is 2. The lowest BCUT2D eigenvalue weighted by Crippen LogP contribution is -2.38. The number of esters is 1. The molecule has 2 heterocycles. The molecule has 0 unspecified atom stereocenters. The van der Waals surface area contributed by atoms with Gasteiger partial charge in [-0.25, -0.2) is 4.68 Å². The molecule has 0 radical (unpaired) electrons. The first-order valence-electron chi connectivity index (χ1n) is 7.88. The van der Waals surface area contributed by atoms with Crippen LogP contribution in [0, 0.1) is 10.9 Å². The smallest absolute Gasteiger partial charge is 0.323 e. The molecule has 1 saturated heterocycles. The van der Waals surface area contributed by atoms with Crippen molar-refractivity contribution in [3.8, 4) is 0 Å². The zero-order valence-electron chi connectivity index (χ0n) is 14.0. The van der Waals surface area contributed by atoms with Crippen LogP contribution in [0.15, 0.2) is 24.3 Å². The van der Waals surface area contributed by atoms with Crippen LogP contribution in [0.25, 0.3) is 0 Å². The summed E-state index contributed by atoms with van der Waals surface area (Å²) in [6.45, 7) is 2.75. The van der Waals surface area contributed by atoms with Gasteiger partial charge in [-0.05, 0) is 36.8 Å². The molecule has 0 amide bonds. The third kappa shape index (κ3) is 4.24. The topological polar surface area (TPSA) is 79.6 Å². The summed E-state index contributed by atoms with van der Waals surface area (Å²) in [6.07, 6.45) is -0.194. The Morgan fingerprint density at radius 2 is 2.36 bits per heavy atom. The Morgan fingerprint density at radius 1 is 1.56 bits per heavy atom. The predicted octanol–water partition coefficient (Wildman–Crippen LogP) is 2.29. The largest absolute Gasteiger partial charge is 0.468 e. The number of nitrogens with one attached hydrogen (secondary N) is 1. The predicted molar refractivity (Wildman–Crippen MR) is 98.5 cm³/mol. The van der Waals surface area contributed by atoms with Crippen LogP contribution in [-0.4, -0.2) is 51.6 Å². The van der Waals surface area contributed by atoms with Crippen LogP contribution in [0.2, 0.25) is 0 Å². The number of aliphatic hydroxyl groups is 1. The molecule has 2 atom stereocenters. The van der Waals surface area contributed by atoms with Crippen molar-refractivity contribution in [1.82, 2.24) is 14.7 Å². The fraction of sp³-hybridized carbons (Fsp3) is 0.438. The fourth-order valence-electron chi connectivity index (χ4n) is 2.88. The molecule has 0 bridgehead atoms. The second-order valence-corrected chi connectivity index (χ2v) is 7.63.